The molecule has 0 aliphatic carbocycles. The summed E-state index contributed by atoms with van der Waals surface area (Å²) in [6, 6.07) is 8.89. The second kappa shape index (κ2) is 5.69. The molecule has 1 aromatic carbocycles. The van der Waals surface area contributed by atoms with Crippen LogP contribution in [0.2, 0.25) is 5.15 Å². The molecule has 0 aliphatic heterocycles. The fraction of sp³-hybridized carbons (Fsp3) is 0.231. The number of nitrogens with zero attached hydrogens (tertiary/aromatic N) is 2. The van der Waals surface area contributed by atoms with Crippen molar-refractivity contribution in [3.8, 4) is 17.4 Å². The largest absolute Gasteiger partial charge is 0.494 e. The summed E-state index contributed by atoms with van der Waals surface area (Å²) in [7, 11) is 0. The van der Waals surface area contributed by atoms with Gasteiger partial charge in [-0.3, -0.25) is 0 Å². The van der Waals surface area contributed by atoms with Gasteiger partial charge in [0.15, 0.2) is 0 Å². The summed E-state index contributed by atoms with van der Waals surface area (Å²) in [6.07, 6.45) is 0. The molecule has 4 nitrogen and oxygen atoms in total. The Bertz CT molecular complexity index is 509. The lowest BCUT2D eigenvalue weighted by atomic mass is 10.3. The maximum atomic E-state index is 5.83. The Morgan fingerprint density at radius 1 is 1.11 bits per heavy atom. The highest BCUT2D eigenvalue weighted by molar-refractivity contribution is 6.29. The number of benzene rings is 1. The zero-order valence-corrected chi connectivity index (χ0v) is 10.9. The first-order valence-electron chi connectivity index (χ1n) is 5.59. The molecular formula is C13H13ClN2O2. The molecule has 2 rings (SSSR count). The lowest BCUT2D eigenvalue weighted by molar-refractivity contribution is 0.339. The van der Waals surface area contributed by atoms with E-state index in [1.54, 1.807) is 13.0 Å². The summed E-state index contributed by atoms with van der Waals surface area (Å²) >= 11 is 5.83. The average molecular weight is 265 g/mol. The third kappa shape index (κ3) is 3.34. The Labute approximate surface area is 111 Å². The first kappa shape index (κ1) is 12.6. The summed E-state index contributed by atoms with van der Waals surface area (Å²) in [5, 5.41) is 0.364. The van der Waals surface area contributed by atoms with Crippen molar-refractivity contribution in [2.45, 2.75) is 13.8 Å². The molecule has 0 fully saturated rings. The van der Waals surface area contributed by atoms with Gasteiger partial charge >= 0.3 is 0 Å². The minimum atomic E-state index is 0.364. The van der Waals surface area contributed by atoms with Gasteiger partial charge in [-0.15, -0.1) is 0 Å². The molecule has 0 bridgehead atoms. The van der Waals surface area contributed by atoms with E-state index in [-0.39, 0.29) is 0 Å². The summed E-state index contributed by atoms with van der Waals surface area (Å²) in [5.41, 5.74) is 0. The zero-order valence-electron chi connectivity index (χ0n) is 10.2. The minimum Gasteiger partial charge on any atom is -0.494 e. The standard InChI is InChI=1S/C13H13ClN2O2/c1-3-17-10-4-6-11(7-5-10)18-13-8-12(14)15-9(2)16-13/h4-8H,3H2,1-2H3. The van der Waals surface area contributed by atoms with E-state index >= 15 is 0 Å². The molecule has 0 saturated heterocycles. The van der Waals surface area contributed by atoms with Crippen LogP contribution in [0.25, 0.3) is 0 Å². The van der Waals surface area contributed by atoms with Gasteiger partial charge < -0.3 is 9.47 Å². The van der Waals surface area contributed by atoms with Crippen LogP contribution in [0.15, 0.2) is 30.3 Å². The second-order valence-corrected chi connectivity index (χ2v) is 3.97. The molecule has 0 saturated carbocycles. The number of hydrogen-bond donors (Lipinski definition) is 0. The van der Waals surface area contributed by atoms with E-state index in [2.05, 4.69) is 9.97 Å². The van der Waals surface area contributed by atoms with Gasteiger partial charge in [0.25, 0.3) is 0 Å². The van der Waals surface area contributed by atoms with Gasteiger partial charge in [0, 0.05) is 6.07 Å². The lowest BCUT2D eigenvalue weighted by Crippen LogP contribution is -1.94. The van der Waals surface area contributed by atoms with E-state index in [1.807, 2.05) is 31.2 Å². The SMILES string of the molecule is CCOc1ccc(Oc2cc(Cl)nc(C)n2)cc1. The van der Waals surface area contributed by atoms with Crippen molar-refractivity contribution in [3.05, 3.63) is 41.3 Å². The molecule has 0 spiro atoms. The van der Waals surface area contributed by atoms with Gasteiger partial charge in [0.05, 0.1) is 6.61 Å². The van der Waals surface area contributed by atoms with Crippen LogP contribution in [0.5, 0.6) is 17.4 Å². The molecule has 94 valence electrons. The van der Waals surface area contributed by atoms with E-state index in [0.29, 0.717) is 29.2 Å². The summed E-state index contributed by atoms with van der Waals surface area (Å²) in [6.45, 7) is 4.34. The Morgan fingerprint density at radius 2 is 1.78 bits per heavy atom. The lowest BCUT2D eigenvalue weighted by Gasteiger charge is -2.07. The number of rotatable bonds is 4. The maximum absolute atomic E-state index is 5.83. The topological polar surface area (TPSA) is 44.2 Å². The van der Waals surface area contributed by atoms with Crippen LogP contribution in [0, 0.1) is 6.92 Å². The molecule has 0 unspecified atom stereocenters. The van der Waals surface area contributed by atoms with Gasteiger partial charge in [-0.2, -0.15) is 4.98 Å². The Balaban J connectivity index is 2.13. The number of halogens is 1. The van der Waals surface area contributed by atoms with E-state index in [4.69, 9.17) is 21.1 Å². The highest BCUT2D eigenvalue weighted by Crippen LogP contribution is 2.23. The van der Waals surface area contributed by atoms with E-state index in [1.165, 1.54) is 0 Å². The van der Waals surface area contributed by atoms with Crippen LogP contribution in [0.4, 0.5) is 0 Å². The smallest absolute Gasteiger partial charge is 0.224 e. The van der Waals surface area contributed by atoms with Crippen LogP contribution < -0.4 is 9.47 Å². The van der Waals surface area contributed by atoms with Gasteiger partial charge in [-0.1, -0.05) is 11.6 Å². The molecule has 18 heavy (non-hydrogen) atoms. The molecule has 2 aromatic rings. The predicted octanol–water partition coefficient (Wildman–Crippen LogP) is 3.63. The normalized spacial score (nSPS) is 10.2. The fourth-order valence-electron chi connectivity index (χ4n) is 1.45. The minimum absolute atomic E-state index is 0.364. The van der Waals surface area contributed by atoms with Crippen LogP contribution in [0.1, 0.15) is 12.7 Å². The fourth-order valence-corrected chi connectivity index (χ4v) is 1.66. The van der Waals surface area contributed by atoms with Gasteiger partial charge in [-0.05, 0) is 38.1 Å². The Kier molecular flexibility index (Phi) is 3.99. The molecule has 0 radical (unpaired) electrons. The van der Waals surface area contributed by atoms with Gasteiger partial charge in [0.2, 0.25) is 5.88 Å². The van der Waals surface area contributed by atoms with Crippen LogP contribution in [0.3, 0.4) is 0 Å². The highest BCUT2D eigenvalue weighted by Gasteiger charge is 2.03. The van der Waals surface area contributed by atoms with Crippen molar-refractivity contribution >= 4 is 11.6 Å². The summed E-state index contributed by atoms with van der Waals surface area (Å²) < 4.78 is 10.9. The molecule has 0 N–H and O–H groups in total. The molecule has 0 atom stereocenters. The number of aryl methyl sites for hydroxylation is 1. The molecule has 1 aromatic heterocycles. The quantitative estimate of drug-likeness (QED) is 0.791. The molecular weight excluding hydrogens is 252 g/mol. The van der Waals surface area contributed by atoms with Gasteiger partial charge in [-0.25, -0.2) is 4.98 Å². The second-order valence-electron chi connectivity index (χ2n) is 3.58. The highest BCUT2D eigenvalue weighted by atomic mass is 35.5. The summed E-state index contributed by atoms with van der Waals surface area (Å²) in [4.78, 5) is 8.11. The monoisotopic (exact) mass is 264 g/mol. The molecule has 0 aliphatic rings. The predicted molar refractivity (Wildman–Crippen MR) is 69.5 cm³/mol. The Morgan fingerprint density at radius 3 is 2.39 bits per heavy atom. The van der Waals surface area contributed by atoms with E-state index in [0.717, 1.165) is 5.75 Å². The Hall–Kier alpha value is -1.81. The van der Waals surface area contributed by atoms with Crippen LogP contribution >= 0.6 is 11.6 Å². The summed E-state index contributed by atoms with van der Waals surface area (Å²) in [5.74, 6) is 2.48. The van der Waals surface area contributed by atoms with Crippen molar-refractivity contribution in [3.63, 3.8) is 0 Å². The zero-order chi connectivity index (χ0) is 13.0. The number of ether oxygens (including phenoxy) is 2. The van der Waals surface area contributed by atoms with Crippen molar-refractivity contribution in [1.82, 2.24) is 9.97 Å². The molecule has 1 heterocycles. The third-order valence-corrected chi connectivity index (χ3v) is 2.33. The average Bonchev–Trinajstić information content (AvgIpc) is 2.31. The first-order chi connectivity index (χ1) is 8.67. The maximum Gasteiger partial charge on any atom is 0.224 e. The van der Waals surface area contributed by atoms with Crippen molar-refractivity contribution in [2.75, 3.05) is 6.61 Å². The molecule has 5 heteroatoms. The number of hydrogen-bond acceptors (Lipinski definition) is 4. The van der Waals surface area contributed by atoms with Crippen molar-refractivity contribution < 1.29 is 9.47 Å². The van der Waals surface area contributed by atoms with E-state index in [9.17, 15) is 0 Å². The molecule has 0 amide bonds. The van der Waals surface area contributed by atoms with Crippen molar-refractivity contribution in [1.29, 1.82) is 0 Å². The van der Waals surface area contributed by atoms with Crippen LogP contribution in [-0.4, -0.2) is 16.6 Å². The van der Waals surface area contributed by atoms with Gasteiger partial charge in [0.1, 0.15) is 22.5 Å². The van der Waals surface area contributed by atoms with Crippen molar-refractivity contribution in [2.24, 2.45) is 0 Å². The van der Waals surface area contributed by atoms with E-state index < -0.39 is 0 Å². The van der Waals surface area contributed by atoms with Crippen LogP contribution in [-0.2, 0) is 0 Å². The third-order valence-electron chi connectivity index (χ3n) is 2.14. The number of aromatic nitrogens is 2. The first-order valence-corrected chi connectivity index (χ1v) is 5.97.